The summed E-state index contributed by atoms with van der Waals surface area (Å²) in [7, 11) is 9.04. The van der Waals surface area contributed by atoms with Gasteiger partial charge in [0, 0.05) is 45.1 Å². The average molecular weight is 876 g/mol. The molecule has 19 atom stereocenters. The normalized spacial score (nSPS) is 43.3. The highest BCUT2D eigenvalue weighted by molar-refractivity contribution is 6.33. The fraction of sp³-hybridized carbons (Fsp3) is 0.787. The van der Waals surface area contributed by atoms with Crippen LogP contribution in [0.4, 0.5) is 5.69 Å². The number of hydrogen-bond donors (Lipinski definition) is 2. The van der Waals surface area contributed by atoms with Gasteiger partial charge in [0.05, 0.1) is 53.7 Å². The first-order valence-corrected chi connectivity index (χ1v) is 23.2. The third-order valence-corrected chi connectivity index (χ3v) is 15.4. The van der Waals surface area contributed by atoms with Gasteiger partial charge in [0.2, 0.25) is 0 Å². The lowest BCUT2D eigenvalue weighted by Crippen LogP contribution is -2.59. The molecule has 3 aliphatic heterocycles. The number of likely N-dealkylation sites (N-methyl/N-ethyl adjacent to an activating group) is 1. The topological polar surface area (TPSA) is 143 Å². The third kappa shape index (κ3) is 9.77. The van der Waals surface area contributed by atoms with Crippen molar-refractivity contribution in [2.45, 2.75) is 165 Å². The van der Waals surface area contributed by atoms with Crippen molar-refractivity contribution in [1.82, 2.24) is 4.90 Å². The minimum Gasteiger partial charge on any atom is -0.462 e. The summed E-state index contributed by atoms with van der Waals surface area (Å²) in [6.45, 7) is 8.02. The molecule has 342 valence electrons. The van der Waals surface area contributed by atoms with E-state index in [1.54, 1.807) is 21.3 Å². The molecule has 61 heavy (non-hydrogen) atoms. The van der Waals surface area contributed by atoms with Crippen molar-refractivity contribution >= 4 is 29.0 Å². The van der Waals surface area contributed by atoms with Crippen molar-refractivity contribution in [1.29, 1.82) is 0 Å². The van der Waals surface area contributed by atoms with E-state index in [1.165, 1.54) is 0 Å². The molecule has 0 amide bonds. The fourth-order valence-corrected chi connectivity index (χ4v) is 12.2. The molecule has 1 aromatic carbocycles. The van der Waals surface area contributed by atoms with Crippen LogP contribution < -0.4 is 5.32 Å². The van der Waals surface area contributed by atoms with E-state index in [0.29, 0.717) is 54.4 Å². The Morgan fingerprint density at radius 3 is 2.28 bits per heavy atom. The highest BCUT2D eigenvalue weighted by Gasteiger charge is 2.60. The van der Waals surface area contributed by atoms with Crippen LogP contribution in [-0.2, 0) is 47.5 Å². The lowest BCUT2D eigenvalue weighted by Gasteiger charge is -2.47. The Morgan fingerprint density at radius 1 is 0.885 bits per heavy atom. The van der Waals surface area contributed by atoms with Gasteiger partial charge in [-0.1, -0.05) is 43.7 Å². The third-order valence-electron chi connectivity index (χ3n) is 15.1. The maximum Gasteiger partial charge on any atom is 0.306 e. The molecular formula is C47H71ClN2O11. The van der Waals surface area contributed by atoms with Crippen LogP contribution in [0.25, 0.3) is 0 Å². The van der Waals surface area contributed by atoms with Crippen LogP contribution >= 0.6 is 11.6 Å². The summed E-state index contributed by atoms with van der Waals surface area (Å²) in [4.78, 5) is 31.2. The van der Waals surface area contributed by atoms with Gasteiger partial charge in [-0.05, 0) is 115 Å². The highest BCUT2D eigenvalue weighted by atomic mass is 35.5. The van der Waals surface area contributed by atoms with Gasteiger partial charge < -0.3 is 53.2 Å². The van der Waals surface area contributed by atoms with Crippen LogP contribution in [0.2, 0.25) is 5.02 Å². The van der Waals surface area contributed by atoms with Gasteiger partial charge in [0.1, 0.15) is 24.4 Å². The number of benzene rings is 1. The SMILES string of the molecule is CC[C@H]1CCC[C@H](O[C@H]2CC[C@H](N(C)C)C(C)O2)[C@@H](C)C(=O)C2=C[C@H]3[C@@H]4C[C@H](O[C@@H]5OC(C)[C@H](OC)C(OC)[C@@H]5OC)C[C@H]4[C@H](Nc4ccccc4Cl)[C@@H](O)[C@H]3[C@@H]2CC(=O)O1. The summed E-state index contributed by atoms with van der Waals surface area (Å²) in [6.07, 6.45) is 3.15. The van der Waals surface area contributed by atoms with Gasteiger partial charge in [-0.3, -0.25) is 9.59 Å². The van der Waals surface area contributed by atoms with E-state index in [1.807, 2.05) is 45.0 Å². The molecule has 0 bridgehead atoms. The number of Topliss-reactive ketones (excluding diaryl/α,β-unsaturated/α-hetero) is 1. The average Bonchev–Trinajstić information content (AvgIpc) is 3.82. The van der Waals surface area contributed by atoms with Gasteiger partial charge in [0.25, 0.3) is 0 Å². The monoisotopic (exact) mass is 874 g/mol. The summed E-state index contributed by atoms with van der Waals surface area (Å²) in [5.41, 5.74) is 1.30. The van der Waals surface area contributed by atoms with E-state index >= 15 is 4.79 Å². The number of carbonyl (C=O) groups is 2. The highest BCUT2D eigenvalue weighted by Crippen LogP contribution is 2.57. The number of ether oxygens (including phenoxy) is 8. The second-order valence-corrected chi connectivity index (χ2v) is 19.2. The summed E-state index contributed by atoms with van der Waals surface area (Å²) in [6, 6.07) is 7.36. The number of allylic oxidation sites excluding steroid dienone is 2. The number of esters is 1. The van der Waals surface area contributed by atoms with Gasteiger partial charge in [0.15, 0.2) is 18.4 Å². The smallest absolute Gasteiger partial charge is 0.306 e. The number of carbonyl (C=O) groups excluding carboxylic acids is 2. The number of nitrogens with zero attached hydrogens (tertiary/aromatic N) is 1. The van der Waals surface area contributed by atoms with Crippen molar-refractivity contribution < 1.29 is 52.6 Å². The van der Waals surface area contributed by atoms with Crippen LogP contribution in [0.1, 0.15) is 85.5 Å². The number of hydrogen-bond acceptors (Lipinski definition) is 13. The van der Waals surface area contributed by atoms with Crippen LogP contribution in [0, 0.1) is 35.5 Å². The molecule has 2 saturated carbocycles. The van der Waals surface area contributed by atoms with Gasteiger partial charge in [-0.25, -0.2) is 0 Å². The molecule has 0 spiro atoms. The molecule has 2 N–H and O–H groups in total. The molecule has 14 heteroatoms. The lowest BCUT2D eigenvalue weighted by atomic mass is 9.62. The zero-order valence-corrected chi connectivity index (χ0v) is 38.3. The predicted octanol–water partition coefficient (Wildman–Crippen LogP) is 6.43. The maximum absolute atomic E-state index is 15.1. The van der Waals surface area contributed by atoms with E-state index in [9.17, 15) is 9.90 Å². The summed E-state index contributed by atoms with van der Waals surface area (Å²) < 4.78 is 50.2. The van der Waals surface area contributed by atoms with Crippen molar-refractivity contribution in [3.05, 3.63) is 40.9 Å². The largest absolute Gasteiger partial charge is 0.462 e. The van der Waals surface area contributed by atoms with Crippen molar-refractivity contribution in [2.75, 3.05) is 40.7 Å². The number of fused-ring (bicyclic) bond motifs is 5. The number of cyclic esters (lactones) is 1. The minimum atomic E-state index is -0.933. The van der Waals surface area contributed by atoms with Gasteiger partial charge in [-0.15, -0.1) is 0 Å². The van der Waals surface area contributed by atoms with Crippen LogP contribution in [-0.4, -0.2) is 137 Å². The standard InChI is InChI=1S/C47H71ClN2O11/c1-10-27-14-13-17-37(61-39-19-18-36(50(5)6)25(3)57-39)24(2)42(52)33-22-30-29-20-28(60-47-46(56-9)45(55-8)44(54-7)26(4)58-47)21-32(29)41(49-35-16-12-11-15-34(35)48)43(53)40(30)31(33)23-38(51)59-27/h11-12,15-16,22,24-32,36-37,39-41,43-47,49,53H,10,13-14,17-21,23H2,1-9H3/t24-,25?,26?,27+,28+,29+,30+,31-,32-,36+,37+,39+,40-,41+,43+,44+,45?,46+,47+/m1/s1. The summed E-state index contributed by atoms with van der Waals surface area (Å²) >= 11 is 6.75. The molecule has 3 aliphatic carbocycles. The molecule has 5 fully saturated rings. The first kappa shape index (κ1) is 46.8. The second kappa shape index (κ2) is 20.3. The molecule has 0 radical (unpaired) electrons. The lowest BCUT2D eigenvalue weighted by molar-refractivity contribution is -0.314. The predicted molar refractivity (Wildman–Crippen MR) is 230 cm³/mol. The molecular weight excluding hydrogens is 804 g/mol. The molecule has 13 nitrogen and oxygen atoms in total. The first-order chi connectivity index (χ1) is 29.3. The van der Waals surface area contributed by atoms with E-state index in [2.05, 4.69) is 37.3 Å². The van der Waals surface area contributed by atoms with E-state index in [-0.39, 0.29) is 66.4 Å². The molecule has 3 saturated heterocycles. The Bertz CT molecular complexity index is 1680. The van der Waals surface area contributed by atoms with E-state index in [0.717, 1.165) is 19.3 Å². The van der Waals surface area contributed by atoms with Crippen molar-refractivity contribution in [2.24, 2.45) is 35.5 Å². The molecule has 6 aliphatic rings. The Labute approximate surface area is 367 Å². The molecule has 7 rings (SSSR count). The Balaban J connectivity index is 1.21. The second-order valence-electron chi connectivity index (χ2n) is 18.8. The number of rotatable bonds is 11. The van der Waals surface area contributed by atoms with E-state index < -0.39 is 60.8 Å². The molecule has 3 heterocycles. The maximum atomic E-state index is 15.1. The van der Waals surface area contributed by atoms with Crippen LogP contribution in [0.5, 0.6) is 0 Å². The molecule has 0 aromatic heterocycles. The van der Waals surface area contributed by atoms with Crippen LogP contribution in [0.3, 0.4) is 0 Å². The summed E-state index contributed by atoms with van der Waals surface area (Å²) in [5.74, 6) is -2.16. The van der Waals surface area contributed by atoms with Crippen LogP contribution in [0.15, 0.2) is 35.9 Å². The quantitative estimate of drug-likeness (QED) is 0.236. The first-order valence-electron chi connectivity index (χ1n) is 22.8. The Kier molecular flexibility index (Phi) is 15.6. The Hall–Kier alpha value is -2.17. The number of aliphatic hydroxyl groups excluding tert-OH is 1. The van der Waals surface area contributed by atoms with Crippen molar-refractivity contribution in [3.63, 3.8) is 0 Å². The van der Waals surface area contributed by atoms with E-state index in [4.69, 9.17) is 49.5 Å². The number of anilines is 1. The number of ketones is 1. The number of nitrogens with one attached hydrogen (secondary N) is 1. The zero-order chi connectivity index (χ0) is 43.7. The van der Waals surface area contributed by atoms with Crippen molar-refractivity contribution in [3.8, 4) is 0 Å². The number of para-hydroxylation sites is 1. The van der Waals surface area contributed by atoms with Gasteiger partial charge >= 0.3 is 5.97 Å². The molecule has 1 aromatic rings. The number of methoxy groups -OCH3 is 3. The fourth-order valence-electron chi connectivity index (χ4n) is 12.0. The van der Waals surface area contributed by atoms with Gasteiger partial charge in [-0.2, -0.15) is 0 Å². The minimum absolute atomic E-state index is 0.00175. The zero-order valence-electron chi connectivity index (χ0n) is 37.6. The molecule has 3 unspecified atom stereocenters. The summed E-state index contributed by atoms with van der Waals surface area (Å²) in [5, 5.41) is 16.9. The number of aliphatic hydroxyl groups is 1. The number of halogens is 1. The Morgan fingerprint density at radius 2 is 1.61 bits per heavy atom.